The molecule has 0 atom stereocenters. The molecule has 0 saturated heterocycles. The van der Waals surface area contributed by atoms with Gasteiger partial charge in [-0.3, -0.25) is 0 Å². The lowest BCUT2D eigenvalue weighted by atomic mass is 10.1. The molecule has 3 nitrogen and oxygen atoms in total. The second kappa shape index (κ2) is 7.03. The van der Waals surface area contributed by atoms with E-state index in [1.807, 2.05) is 42.5 Å². The fourth-order valence-corrected chi connectivity index (χ4v) is 2.14. The lowest BCUT2D eigenvalue weighted by Gasteiger charge is -2.08. The molecule has 0 unspecified atom stereocenters. The molecule has 23 heavy (non-hydrogen) atoms. The van der Waals surface area contributed by atoms with Crippen molar-refractivity contribution in [2.45, 2.75) is 0 Å². The van der Waals surface area contributed by atoms with Crippen LogP contribution in [0.1, 0.15) is 11.1 Å². The van der Waals surface area contributed by atoms with E-state index in [2.05, 4.69) is 15.3 Å². The van der Waals surface area contributed by atoms with Crippen molar-refractivity contribution in [1.82, 2.24) is 9.97 Å². The van der Waals surface area contributed by atoms with E-state index in [4.69, 9.17) is 11.6 Å². The second-order valence-corrected chi connectivity index (χ2v) is 5.16. The minimum atomic E-state index is -0.261. The van der Waals surface area contributed by atoms with Crippen molar-refractivity contribution >= 4 is 35.3 Å². The van der Waals surface area contributed by atoms with Gasteiger partial charge in [0.05, 0.1) is 0 Å². The molecule has 0 fully saturated rings. The van der Waals surface area contributed by atoms with Gasteiger partial charge in [0.25, 0.3) is 0 Å². The highest BCUT2D eigenvalue weighted by atomic mass is 35.5. The molecule has 0 aliphatic carbocycles. The predicted octanol–water partition coefficient (Wildman–Crippen LogP) is 5.18. The lowest BCUT2D eigenvalue weighted by molar-refractivity contribution is 0.628. The Morgan fingerprint density at radius 2 is 1.70 bits per heavy atom. The molecule has 0 radical (unpaired) electrons. The van der Waals surface area contributed by atoms with Crippen LogP contribution in [0.15, 0.2) is 60.8 Å². The van der Waals surface area contributed by atoms with Gasteiger partial charge in [-0.2, -0.15) is 4.98 Å². The number of nitrogens with zero attached hydrogens (tertiary/aromatic N) is 2. The summed E-state index contributed by atoms with van der Waals surface area (Å²) in [4.78, 5) is 8.24. The van der Waals surface area contributed by atoms with Gasteiger partial charge < -0.3 is 5.32 Å². The first-order valence-electron chi connectivity index (χ1n) is 6.99. The molecular formula is C18H13ClFN3. The van der Waals surface area contributed by atoms with Gasteiger partial charge in [0.1, 0.15) is 11.6 Å². The molecule has 1 N–H and O–H groups in total. The van der Waals surface area contributed by atoms with Crippen LogP contribution in [0.5, 0.6) is 0 Å². The molecule has 0 aliphatic heterocycles. The molecular weight excluding hydrogens is 313 g/mol. The van der Waals surface area contributed by atoms with Crippen molar-refractivity contribution in [2.24, 2.45) is 0 Å². The van der Waals surface area contributed by atoms with Crippen LogP contribution in [0.25, 0.3) is 12.2 Å². The van der Waals surface area contributed by atoms with Gasteiger partial charge >= 0.3 is 0 Å². The van der Waals surface area contributed by atoms with Crippen molar-refractivity contribution in [2.75, 3.05) is 5.32 Å². The molecule has 0 bridgehead atoms. The van der Waals surface area contributed by atoms with E-state index in [1.165, 1.54) is 12.1 Å². The zero-order valence-corrected chi connectivity index (χ0v) is 12.8. The molecule has 1 aromatic heterocycles. The monoisotopic (exact) mass is 325 g/mol. The number of rotatable bonds is 4. The maximum Gasteiger partial charge on any atom is 0.224 e. The van der Waals surface area contributed by atoms with Gasteiger partial charge in [0, 0.05) is 17.4 Å². The van der Waals surface area contributed by atoms with Crippen LogP contribution < -0.4 is 5.32 Å². The van der Waals surface area contributed by atoms with E-state index in [9.17, 15) is 4.39 Å². The van der Waals surface area contributed by atoms with Crippen LogP contribution in [0, 0.1) is 5.82 Å². The van der Waals surface area contributed by atoms with E-state index in [-0.39, 0.29) is 11.1 Å². The molecule has 2 aromatic carbocycles. The van der Waals surface area contributed by atoms with E-state index >= 15 is 0 Å². The number of anilines is 2. The summed E-state index contributed by atoms with van der Waals surface area (Å²) in [6.45, 7) is 0. The summed E-state index contributed by atoms with van der Waals surface area (Å²) >= 11 is 5.89. The first-order chi connectivity index (χ1) is 11.2. The van der Waals surface area contributed by atoms with E-state index < -0.39 is 0 Å². The lowest BCUT2D eigenvalue weighted by Crippen LogP contribution is -1.98. The quantitative estimate of drug-likeness (QED) is 0.671. The maximum absolute atomic E-state index is 12.9. The standard InChI is InChI=1S/C18H13ClFN3/c19-18-21-12-14(9-6-13-7-10-15(20)11-8-13)17(23-18)22-16-4-2-1-3-5-16/h1-12H,(H,21,22,23). The van der Waals surface area contributed by atoms with Crippen LogP contribution in [-0.2, 0) is 0 Å². The normalized spacial score (nSPS) is 10.9. The fourth-order valence-electron chi connectivity index (χ4n) is 2.01. The number of nitrogens with one attached hydrogen (secondary N) is 1. The Kier molecular flexibility index (Phi) is 4.64. The summed E-state index contributed by atoms with van der Waals surface area (Å²) in [6.07, 6.45) is 5.36. The Balaban J connectivity index is 1.88. The van der Waals surface area contributed by atoms with Crippen LogP contribution in [0.2, 0.25) is 5.28 Å². The highest BCUT2D eigenvalue weighted by molar-refractivity contribution is 6.28. The second-order valence-electron chi connectivity index (χ2n) is 4.82. The third-order valence-corrected chi connectivity index (χ3v) is 3.33. The van der Waals surface area contributed by atoms with Gasteiger partial charge in [-0.05, 0) is 47.5 Å². The molecule has 1 heterocycles. The van der Waals surface area contributed by atoms with Crippen LogP contribution in [0.4, 0.5) is 15.9 Å². The Labute approximate surface area is 138 Å². The number of benzene rings is 2. The predicted molar refractivity (Wildman–Crippen MR) is 92.1 cm³/mol. The molecule has 114 valence electrons. The van der Waals surface area contributed by atoms with Crippen molar-refractivity contribution in [1.29, 1.82) is 0 Å². The average Bonchev–Trinajstić information content (AvgIpc) is 2.57. The molecule has 5 heteroatoms. The summed E-state index contributed by atoms with van der Waals surface area (Å²) in [7, 11) is 0. The van der Waals surface area contributed by atoms with Crippen molar-refractivity contribution < 1.29 is 4.39 Å². The summed E-state index contributed by atoms with van der Waals surface area (Å²) in [5, 5.41) is 3.38. The molecule has 0 spiro atoms. The first kappa shape index (κ1) is 15.2. The van der Waals surface area contributed by atoms with Gasteiger partial charge in [0.2, 0.25) is 5.28 Å². The third-order valence-electron chi connectivity index (χ3n) is 3.15. The minimum Gasteiger partial charge on any atom is -0.340 e. The molecule has 0 amide bonds. The molecule has 3 rings (SSSR count). The van der Waals surface area contributed by atoms with Gasteiger partial charge in [-0.25, -0.2) is 9.37 Å². The smallest absolute Gasteiger partial charge is 0.224 e. The number of hydrogen-bond acceptors (Lipinski definition) is 3. The summed E-state index contributed by atoms with van der Waals surface area (Å²) in [5.74, 6) is 0.345. The molecule has 3 aromatic rings. The van der Waals surface area contributed by atoms with E-state index in [1.54, 1.807) is 18.3 Å². The van der Waals surface area contributed by atoms with Gasteiger partial charge in [-0.1, -0.05) is 36.4 Å². The fraction of sp³-hybridized carbons (Fsp3) is 0. The summed E-state index contributed by atoms with van der Waals surface area (Å²) in [6, 6.07) is 15.9. The average molecular weight is 326 g/mol. The highest BCUT2D eigenvalue weighted by Crippen LogP contribution is 2.21. The van der Waals surface area contributed by atoms with Gasteiger partial charge in [0.15, 0.2) is 0 Å². The van der Waals surface area contributed by atoms with Crippen LogP contribution in [0.3, 0.4) is 0 Å². The van der Waals surface area contributed by atoms with Crippen LogP contribution >= 0.6 is 11.6 Å². The van der Waals surface area contributed by atoms with Gasteiger partial charge in [-0.15, -0.1) is 0 Å². The Bertz CT molecular complexity index is 817. The van der Waals surface area contributed by atoms with Crippen molar-refractivity contribution in [3.8, 4) is 0 Å². The summed E-state index contributed by atoms with van der Waals surface area (Å²) < 4.78 is 12.9. The maximum atomic E-state index is 12.9. The SMILES string of the molecule is Fc1ccc(C=Cc2cnc(Cl)nc2Nc2ccccc2)cc1. The Hall–Kier alpha value is -2.72. The van der Waals surface area contributed by atoms with E-state index in [0.717, 1.165) is 16.8 Å². The molecule has 0 aliphatic rings. The zero-order chi connectivity index (χ0) is 16.1. The van der Waals surface area contributed by atoms with Crippen molar-refractivity contribution in [3.05, 3.63) is 83.0 Å². The number of para-hydroxylation sites is 1. The largest absolute Gasteiger partial charge is 0.340 e. The van der Waals surface area contributed by atoms with E-state index in [0.29, 0.717) is 5.82 Å². The minimum absolute atomic E-state index is 0.169. The Morgan fingerprint density at radius 1 is 0.957 bits per heavy atom. The number of aromatic nitrogens is 2. The Morgan fingerprint density at radius 3 is 2.43 bits per heavy atom. The topological polar surface area (TPSA) is 37.8 Å². The third kappa shape index (κ3) is 4.14. The number of hydrogen-bond donors (Lipinski definition) is 1. The summed E-state index contributed by atoms with van der Waals surface area (Å²) in [5.41, 5.74) is 2.56. The molecule has 0 saturated carbocycles. The van der Waals surface area contributed by atoms with Crippen molar-refractivity contribution in [3.63, 3.8) is 0 Å². The highest BCUT2D eigenvalue weighted by Gasteiger charge is 2.04. The van der Waals surface area contributed by atoms with Crippen LogP contribution in [-0.4, -0.2) is 9.97 Å². The zero-order valence-electron chi connectivity index (χ0n) is 12.1. The first-order valence-corrected chi connectivity index (χ1v) is 7.37. The number of halogens is 2.